The Bertz CT molecular complexity index is 787. The molecule has 4 rings (SSSR count). The minimum Gasteiger partial charge on any atom is -0.461 e. The lowest BCUT2D eigenvalue weighted by Crippen LogP contribution is -1.63. The van der Waals surface area contributed by atoms with Gasteiger partial charge in [0, 0.05) is 9.40 Å². The van der Waals surface area contributed by atoms with Gasteiger partial charge in [-0.2, -0.15) is 0 Å². The van der Waals surface area contributed by atoms with E-state index in [1.165, 1.54) is 19.2 Å². The molecule has 0 fully saturated rings. The van der Waals surface area contributed by atoms with Gasteiger partial charge in [0.05, 0.1) is 9.75 Å². The third kappa shape index (κ3) is 1.92. The van der Waals surface area contributed by atoms with E-state index in [-0.39, 0.29) is 0 Å². The zero-order valence-corrected chi connectivity index (χ0v) is 12.7. The first-order valence-electron chi connectivity index (χ1n) is 6.36. The second kappa shape index (κ2) is 4.36. The van der Waals surface area contributed by atoms with Gasteiger partial charge in [-0.3, -0.25) is 0 Å². The van der Waals surface area contributed by atoms with Gasteiger partial charge < -0.3 is 8.83 Å². The highest BCUT2D eigenvalue weighted by molar-refractivity contribution is 7.30. The van der Waals surface area contributed by atoms with Crippen LogP contribution in [0.25, 0.3) is 30.7 Å². The van der Waals surface area contributed by atoms with E-state index in [9.17, 15) is 0 Å². The van der Waals surface area contributed by atoms with Gasteiger partial charge in [-0.05, 0) is 50.2 Å². The third-order valence-corrected chi connectivity index (χ3v) is 5.50. The second-order valence-corrected chi connectivity index (χ2v) is 6.94. The number of hydrogen-bond acceptors (Lipinski definition) is 4. The Balaban J connectivity index is 1.77. The van der Waals surface area contributed by atoms with Crippen molar-refractivity contribution in [2.75, 3.05) is 0 Å². The third-order valence-electron chi connectivity index (χ3n) is 3.17. The molecule has 0 spiro atoms. The van der Waals surface area contributed by atoms with Crippen LogP contribution in [-0.2, 0) is 0 Å². The van der Waals surface area contributed by atoms with Gasteiger partial charge in [0.25, 0.3) is 0 Å². The average Bonchev–Trinajstić information content (AvgIpc) is 3.09. The van der Waals surface area contributed by atoms with Gasteiger partial charge in [-0.1, -0.05) is 0 Å². The van der Waals surface area contributed by atoms with Crippen molar-refractivity contribution in [1.82, 2.24) is 0 Å². The molecule has 0 atom stereocenters. The summed E-state index contributed by atoms with van der Waals surface area (Å²) in [6, 6.07) is 12.5. The van der Waals surface area contributed by atoms with Crippen LogP contribution in [0.3, 0.4) is 0 Å². The van der Waals surface area contributed by atoms with Crippen molar-refractivity contribution < 1.29 is 8.83 Å². The van der Waals surface area contributed by atoms with Crippen LogP contribution in [0.4, 0.5) is 0 Å². The van der Waals surface area contributed by atoms with Gasteiger partial charge in [-0.25, -0.2) is 0 Å². The lowest BCUT2D eigenvalue weighted by molar-refractivity contribution is 0.549. The van der Waals surface area contributed by atoms with Crippen molar-refractivity contribution >= 4 is 32.1 Å². The molecular weight excluding hydrogens is 288 g/mol. The van der Waals surface area contributed by atoms with E-state index in [2.05, 4.69) is 12.1 Å². The van der Waals surface area contributed by atoms with Gasteiger partial charge in [0.15, 0.2) is 0 Å². The molecule has 4 heteroatoms. The molecular formula is C16H12O2S2. The van der Waals surface area contributed by atoms with Gasteiger partial charge >= 0.3 is 0 Å². The maximum atomic E-state index is 5.68. The first-order valence-corrected chi connectivity index (χ1v) is 7.99. The van der Waals surface area contributed by atoms with Gasteiger partial charge in [0.1, 0.15) is 23.0 Å². The predicted octanol–water partition coefficient (Wildman–Crippen LogP) is 6.10. The Labute approximate surface area is 124 Å². The van der Waals surface area contributed by atoms with Crippen molar-refractivity contribution in [3.8, 4) is 21.3 Å². The molecule has 0 aliphatic heterocycles. The van der Waals surface area contributed by atoms with E-state index in [4.69, 9.17) is 8.83 Å². The fourth-order valence-corrected chi connectivity index (χ4v) is 4.53. The summed E-state index contributed by atoms with van der Waals surface area (Å²) in [7, 11) is 0. The van der Waals surface area contributed by atoms with Crippen molar-refractivity contribution in [2.45, 2.75) is 13.8 Å². The maximum Gasteiger partial charge on any atom is 0.144 e. The Hall–Kier alpha value is -1.78. The number of aryl methyl sites for hydroxylation is 2. The minimum atomic E-state index is 0.948. The van der Waals surface area contributed by atoms with Crippen LogP contribution in [0.2, 0.25) is 0 Å². The minimum absolute atomic E-state index is 0.948. The molecule has 0 amide bonds. The molecule has 20 heavy (non-hydrogen) atoms. The Kier molecular flexibility index (Phi) is 2.62. The van der Waals surface area contributed by atoms with E-state index in [0.717, 1.165) is 23.0 Å². The summed E-state index contributed by atoms with van der Waals surface area (Å²) in [5.41, 5.74) is 0. The van der Waals surface area contributed by atoms with E-state index < -0.39 is 0 Å². The van der Waals surface area contributed by atoms with Gasteiger partial charge in [-0.15, -0.1) is 22.7 Å². The highest BCUT2D eigenvalue weighted by atomic mass is 32.1. The van der Waals surface area contributed by atoms with Crippen molar-refractivity contribution in [3.63, 3.8) is 0 Å². The molecule has 0 saturated heterocycles. The molecule has 0 radical (unpaired) electrons. The highest BCUT2D eigenvalue weighted by Crippen LogP contribution is 2.42. The number of furan rings is 2. The number of rotatable bonds is 2. The fraction of sp³-hybridized carbons (Fsp3) is 0.125. The van der Waals surface area contributed by atoms with Gasteiger partial charge in [0.2, 0.25) is 0 Å². The van der Waals surface area contributed by atoms with E-state index >= 15 is 0 Å². The molecule has 4 aromatic heterocycles. The van der Waals surface area contributed by atoms with Crippen molar-refractivity contribution in [2.24, 2.45) is 0 Å². The standard InChI is InChI=1S/C16H12O2S2/c1-9-3-5-11(17-9)13-7-15-16(19-13)8-14(20-15)12-6-4-10(2)18-12/h3-8H,1-2H3. The maximum absolute atomic E-state index is 5.68. The summed E-state index contributed by atoms with van der Waals surface area (Å²) < 4.78 is 13.9. The zero-order valence-electron chi connectivity index (χ0n) is 11.1. The predicted molar refractivity (Wildman–Crippen MR) is 84.6 cm³/mol. The molecule has 0 aliphatic carbocycles. The van der Waals surface area contributed by atoms with E-state index in [0.29, 0.717) is 0 Å². The molecule has 0 bridgehead atoms. The van der Waals surface area contributed by atoms with Crippen LogP contribution >= 0.6 is 22.7 Å². The molecule has 100 valence electrons. The lowest BCUT2D eigenvalue weighted by atomic mass is 10.3. The molecule has 0 saturated carbocycles. The van der Waals surface area contributed by atoms with Crippen molar-refractivity contribution in [3.05, 3.63) is 47.9 Å². The van der Waals surface area contributed by atoms with E-state index in [1.54, 1.807) is 22.7 Å². The molecule has 0 N–H and O–H groups in total. The molecule has 4 aromatic rings. The normalized spacial score (nSPS) is 11.5. The quantitative estimate of drug-likeness (QED) is 0.447. The summed E-state index contributed by atoms with van der Waals surface area (Å²) in [4.78, 5) is 2.36. The Morgan fingerprint density at radius 3 is 1.50 bits per heavy atom. The Morgan fingerprint density at radius 1 is 0.700 bits per heavy atom. The first-order chi connectivity index (χ1) is 9.69. The summed E-state index contributed by atoms with van der Waals surface area (Å²) in [6.45, 7) is 3.94. The van der Waals surface area contributed by atoms with Crippen LogP contribution < -0.4 is 0 Å². The van der Waals surface area contributed by atoms with E-state index in [1.807, 2.05) is 38.1 Å². The highest BCUT2D eigenvalue weighted by Gasteiger charge is 2.13. The molecule has 0 aromatic carbocycles. The topological polar surface area (TPSA) is 26.3 Å². The van der Waals surface area contributed by atoms with Crippen LogP contribution in [0.5, 0.6) is 0 Å². The Morgan fingerprint density at radius 2 is 1.15 bits per heavy atom. The molecule has 0 unspecified atom stereocenters. The summed E-state index contributed by atoms with van der Waals surface area (Å²) in [5.74, 6) is 3.80. The molecule has 2 nitrogen and oxygen atoms in total. The van der Waals surface area contributed by atoms with Crippen LogP contribution in [0.15, 0.2) is 45.2 Å². The summed E-state index contributed by atoms with van der Waals surface area (Å²) >= 11 is 3.52. The fourth-order valence-electron chi connectivity index (χ4n) is 2.21. The number of thiophene rings is 2. The van der Waals surface area contributed by atoms with Crippen LogP contribution in [0.1, 0.15) is 11.5 Å². The largest absolute Gasteiger partial charge is 0.461 e. The average molecular weight is 300 g/mol. The van der Waals surface area contributed by atoms with Crippen LogP contribution in [0, 0.1) is 13.8 Å². The monoisotopic (exact) mass is 300 g/mol. The summed E-state index contributed by atoms with van der Waals surface area (Å²) in [6.07, 6.45) is 0. The molecule has 0 aliphatic rings. The van der Waals surface area contributed by atoms with Crippen LogP contribution in [-0.4, -0.2) is 0 Å². The lowest BCUT2D eigenvalue weighted by Gasteiger charge is -1.90. The number of fused-ring (bicyclic) bond motifs is 1. The zero-order chi connectivity index (χ0) is 13.7. The molecule has 4 heterocycles. The van der Waals surface area contributed by atoms with Crippen molar-refractivity contribution in [1.29, 1.82) is 0 Å². The first kappa shape index (κ1) is 12.0. The number of hydrogen-bond donors (Lipinski definition) is 0. The SMILES string of the molecule is Cc1ccc(-c2cc3sc(-c4ccc(C)o4)cc3s2)o1. The second-order valence-electron chi connectivity index (χ2n) is 4.77. The summed E-state index contributed by atoms with van der Waals surface area (Å²) in [5, 5.41) is 0. The smallest absolute Gasteiger partial charge is 0.144 e.